The van der Waals surface area contributed by atoms with Gasteiger partial charge in [0.2, 0.25) is 0 Å². The molecular weight excluding hydrogens is 360 g/mol. The topological polar surface area (TPSA) is 81.6 Å². The fraction of sp³-hybridized carbons (Fsp3) is 0.261. The monoisotopic (exact) mass is 384 g/mol. The molecule has 1 fully saturated rings. The summed E-state index contributed by atoms with van der Waals surface area (Å²) in [6, 6.07) is 18.2. The molecule has 0 aliphatic heterocycles. The Labute approximate surface area is 169 Å². The number of nitrogens with zero attached hydrogens (tertiary/aromatic N) is 4. The molecule has 3 N–H and O–H groups in total. The van der Waals surface area contributed by atoms with Gasteiger partial charge in [-0.2, -0.15) is 0 Å². The Kier molecular flexibility index (Phi) is 4.60. The molecule has 6 heteroatoms. The second-order valence-electron chi connectivity index (χ2n) is 7.63. The lowest BCUT2D eigenvalue weighted by molar-refractivity contribution is 0.358. The fourth-order valence-corrected chi connectivity index (χ4v) is 4.10. The summed E-state index contributed by atoms with van der Waals surface area (Å²) in [5.74, 6) is 1.37. The second-order valence-corrected chi connectivity index (χ2v) is 7.63. The van der Waals surface area contributed by atoms with Crippen LogP contribution in [-0.4, -0.2) is 19.5 Å². The molecule has 1 aliphatic rings. The molecule has 2 aromatic carbocycles. The lowest BCUT2D eigenvalue weighted by atomic mass is 9.95. The van der Waals surface area contributed by atoms with E-state index in [1.807, 2.05) is 60.9 Å². The Morgan fingerprint density at radius 3 is 2.55 bits per heavy atom. The van der Waals surface area contributed by atoms with Crippen LogP contribution >= 0.6 is 0 Å². The number of aromatic nitrogens is 4. The molecule has 0 bridgehead atoms. The number of fused-ring (bicyclic) bond motifs is 1. The highest BCUT2D eigenvalue weighted by Crippen LogP contribution is 2.33. The standard InChI is InChI=1S/C23H24N6/c24-17-9-7-8-16(14-17)21-27-22(26-18-10-3-1-4-11-18)20-23(28-21)29(15-25-20)19-12-5-2-6-13-19/h1,3-4,7-11,14-15,19H,2,5-6,12-13,24H2,(H,26,27,28). The average Bonchev–Trinajstić information content (AvgIpc) is 3.19. The van der Waals surface area contributed by atoms with Crippen LogP contribution in [0.2, 0.25) is 0 Å². The zero-order valence-electron chi connectivity index (χ0n) is 16.3. The van der Waals surface area contributed by atoms with Gasteiger partial charge in [-0.15, -0.1) is 0 Å². The molecule has 0 saturated heterocycles. The van der Waals surface area contributed by atoms with E-state index < -0.39 is 0 Å². The number of imidazole rings is 1. The molecular formula is C23H24N6. The van der Waals surface area contributed by atoms with E-state index in [2.05, 4.69) is 9.88 Å². The van der Waals surface area contributed by atoms with Crippen LogP contribution in [0.25, 0.3) is 22.6 Å². The summed E-state index contributed by atoms with van der Waals surface area (Å²) in [7, 11) is 0. The Balaban J connectivity index is 1.66. The Hall–Kier alpha value is -3.41. The Morgan fingerprint density at radius 1 is 0.931 bits per heavy atom. The number of nitrogens with one attached hydrogen (secondary N) is 1. The summed E-state index contributed by atoms with van der Waals surface area (Å²) in [4.78, 5) is 14.4. The molecule has 29 heavy (non-hydrogen) atoms. The number of nitrogens with two attached hydrogens (primary N) is 1. The quantitative estimate of drug-likeness (QED) is 0.465. The van der Waals surface area contributed by atoms with Crippen molar-refractivity contribution in [3.8, 4) is 11.4 Å². The molecule has 1 saturated carbocycles. The van der Waals surface area contributed by atoms with E-state index in [9.17, 15) is 0 Å². The predicted molar refractivity (Wildman–Crippen MR) is 117 cm³/mol. The van der Waals surface area contributed by atoms with Crippen LogP contribution in [0.5, 0.6) is 0 Å². The van der Waals surface area contributed by atoms with Gasteiger partial charge in [0.05, 0.1) is 6.33 Å². The molecule has 146 valence electrons. The van der Waals surface area contributed by atoms with Crippen molar-refractivity contribution in [2.75, 3.05) is 11.1 Å². The first kappa shape index (κ1) is 17.7. The predicted octanol–water partition coefficient (Wildman–Crippen LogP) is 5.32. The van der Waals surface area contributed by atoms with Crippen molar-refractivity contribution in [1.82, 2.24) is 19.5 Å². The van der Waals surface area contributed by atoms with E-state index in [4.69, 9.17) is 20.7 Å². The molecule has 0 unspecified atom stereocenters. The number of hydrogen-bond donors (Lipinski definition) is 2. The van der Waals surface area contributed by atoms with E-state index in [0.717, 1.165) is 22.4 Å². The number of nitrogen functional groups attached to an aromatic ring is 1. The molecule has 4 aromatic rings. The van der Waals surface area contributed by atoms with Crippen LogP contribution < -0.4 is 11.1 Å². The normalized spacial score (nSPS) is 14.9. The first-order valence-electron chi connectivity index (χ1n) is 10.2. The molecule has 1 aliphatic carbocycles. The SMILES string of the molecule is Nc1cccc(-c2nc(Nc3ccccc3)c3ncn(C4CCCCC4)c3n2)c1. The highest BCUT2D eigenvalue weighted by Gasteiger charge is 2.21. The summed E-state index contributed by atoms with van der Waals surface area (Å²) in [6.07, 6.45) is 8.09. The van der Waals surface area contributed by atoms with Crippen molar-refractivity contribution in [3.63, 3.8) is 0 Å². The lowest BCUT2D eigenvalue weighted by Crippen LogP contribution is -2.12. The highest BCUT2D eigenvalue weighted by atomic mass is 15.2. The first-order chi connectivity index (χ1) is 14.3. The number of rotatable bonds is 4. The summed E-state index contributed by atoms with van der Waals surface area (Å²) >= 11 is 0. The highest BCUT2D eigenvalue weighted by molar-refractivity contribution is 5.87. The summed E-state index contributed by atoms with van der Waals surface area (Å²) < 4.78 is 2.24. The van der Waals surface area contributed by atoms with Crippen molar-refractivity contribution in [3.05, 3.63) is 60.9 Å². The van der Waals surface area contributed by atoms with Crippen LogP contribution in [0, 0.1) is 0 Å². The summed E-state index contributed by atoms with van der Waals surface area (Å²) in [5, 5.41) is 3.43. The van der Waals surface area contributed by atoms with Crippen molar-refractivity contribution in [2.45, 2.75) is 38.1 Å². The third kappa shape index (κ3) is 3.53. The minimum Gasteiger partial charge on any atom is -0.399 e. The number of hydrogen-bond acceptors (Lipinski definition) is 5. The van der Waals surface area contributed by atoms with E-state index in [-0.39, 0.29) is 0 Å². The van der Waals surface area contributed by atoms with E-state index in [1.165, 1.54) is 32.1 Å². The van der Waals surface area contributed by atoms with Gasteiger partial charge in [-0.25, -0.2) is 15.0 Å². The second kappa shape index (κ2) is 7.54. The van der Waals surface area contributed by atoms with Gasteiger partial charge in [-0.05, 0) is 37.1 Å². The number of anilines is 3. The number of benzene rings is 2. The first-order valence-corrected chi connectivity index (χ1v) is 10.2. The van der Waals surface area contributed by atoms with Gasteiger partial charge in [0.25, 0.3) is 0 Å². The van der Waals surface area contributed by atoms with Gasteiger partial charge < -0.3 is 15.6 Å². The Morgan fingerprint density at radius 2 is 1.76 bits per heavy atom. The molecule has 0 atom stereocenters. The van der Waals surface area contributed by atoms with E-state index in [1.54, 1.807) is 0 Å². The third-order valence-corrected chi connectivity index (χ3v) is 5.57. The molecule has 0 radical (unpaired) electrons. The minimum absolute atomic E-state index is 0.446. The van der Waals surface area contributed by atoms with Crippen molar-refractivity contribution < 1.29 is 0 Å². The van der Waals surface area contributed by atoms with Crippen LogP contribution in [-0.2, 0) is 0 Å². The maximum absolute atomic E-state index is 6.01. The van der Waals surface area contributed by atoms with Crippen molar-refractivity contribution in [1.29, 1.82) is 0 Å². The fourth-order valence-electron chi connectivity index (χ4n) is 4.10. The van der Waals surface area contributed by atoms with E-state index in [0.29, 0.717) is 23.4 Å². The molecule has 2 aromatic heterocycles. The smallest absolute Gasteiger partial charge is 0.166 e. The van der Waals surface area contributed by atoms with Crippen LogP contribution in [0.3, 0.4) is 0 Å². The van der Waals surface area contributed by atoms with Crippen LogP contribution in [0.1, 0.15) is 38.1 Å². The van der Waals surface area contributed by atoms with Gasteiger partial charge in [0, 0.05) is 23.0 Å². The zero-order chi connectivity index (χ0) is 19.6. The van der Waals surface area contributed by atoms with Crippen LogP contribution in [0.4, 0.5) is 17.2 Å². The zero-order valence-corrected chi connectivity index (χ0v) is 16.3. The summed E-state index contributed by atoms with van der Waals surface area (Å²) in [6.45, 7) is 0. The van der Waals surface area contributed by atoms with Crippen molar-refractivity contribution >= 4 is 28.4 Å². The van der Waals surface area contributed by atoms with Crippen molar-refractivity contribution in [2.24, 2.45) is 0 Å². The van der Waals surface area contributed by atoms with Crippen LogP contribution in [0.15, 0.2) is 60.9 Å². The third-order valence-electron chi connectivity index (χ3n) is 5.57. The van der Waals surface area contributed by atoms with Gasteiger partial charge in [-0.3, -0.25) is 0 Å². The lowest BCUT2D eigenvalue weighted by Gasteiger charge is -2.23. The number of para-hydroxylation sites is 1. The van der Waals surface area contributed by atoms with Gasteiger partial charge in [0.15, 0.2) is 22.8 Å². The minimum atomic E-state index is 0.446. The Bertz CT molecular complexity index is 1130. The maximum Gasteiger partial charge on any atom is 0.166 e. The average molecular weight is 384 g/mol. The molecule has 0 spiro atoms. The van der Waals surface area contributed by atoms with Gasteiger partial charge >= 0.3 is 0 Å². The van der Waals surface area contributed by atoms with Gasteiger partial charge in [-0.1, -0.05) is 49.6 Å². The van der Waals surface area contributed by atoms with E-state index >= 15 is 0 Å². The largest absolute Gasteiger partial charge is 0.399 e. The molecule has 5 rings (SSSR count). The molecule has 2 heterocycles. The molecule has 0 amide bonds. The van der Waals surface area contributed by atoms with Gasteiger partial charge in [0.1, 0.15) is 0 Å². The maximum atomic E-state index is 6.01. The molecule has 6 nitrogen and oxygen atoms in total. The summed E-state index contributed by atoms with van der Waals surface area (Å²) in [5.41, 5.74) is 10.3.